The number of pyridine rings is 1. The van der Waals surface area contributed by atoms with Crippen LogP contribution < -0.4 is 15.8 Å². The first-order valence-corrected chi connectivity index (χ1v) is 10.6. The Bertz CT molecular complexity index is 1070. The molecule has 0 saturated heterocycles. The van der Waals surface area contributed by atoms with Crippen molar-refractivity contribution in [1.82, 2.24) is 4.98 Å². The zero-order valence-electron chi connectivity index (χ0n) is 19.8. The molecule has 1 heterocycles. The maximum absolute atomic E-state index is 13.1. The first-order valence-electron chi connectivity index (χ1n) is 10.6. The van der Waals surface area contributed by atoms with Gasteiger partial charge in [0.2, 0.25) is 0 Å². The van der Waals surface area contributed by atoms with Gasteiger partial charge in [0.05, 0.1) is 18.5 Å². The fraction of sp³-hybridized carbons (Fsp3) is 0.308. The van der Waals surface area contributed by atoms with E-state index in [4.69, 9.17) is 15.5 Å². The minimum atomic E-state index is -0.194. The van der Waals surface area contributed by atoms with Crippen LogP contribution in [-0.4, -0.2) is 18.0 Å². The van der Waals surface area contributed by atoms with Gasteiger partial charge < -0.3 is 15.8 Å². The van der Waals surface area contributed by atoms with Crippen LogP contribution in [0.1, 0.15) is 46.7 Å². The second-order valence-electron chi connectivity index (χ2n) is 8.22. The van der Waals surface area contributed by atoms with Crippen LogP contribution in [-0.2, 0) is 13.0 Å². The van der Waals surface area contributed by atoms with E-state index in [9.17, 15) is 4.79 Å². The molecule has 0 spiro atoms. The second-order valence-corrected chi connectivity index (χ2v) is 8.22. The summed E-state index contributed by atoms with van der Waals surface area (Å²) in [5, 5.41) is 3.10. The number of aromatic nitrogens is 1. The zero-order valence-corrected chi connectivity index (χ0v) is 21.4. The van der Waals surface area contributed by atoms with E-state index in [1.807, 2.05) is 6.92 Å². The number of nitrogens with two attached hydrogens (primary N) is 1. The molecule has 3 aromatic rings. The summed E-state index contributed by atoms with van der Waals surface area (Å²) in [6.45, 7) is 8.68. The Kier molecular flexibility index (Phi) is 10.8. The summed E-state index contributed by atoms with van der Waals surface area (Å²) < 4.78 is 5.19. The van der Waals surface area contributed by atoms with Crippen molar-refractivity contribution in [3.63, 3.8) is 0 Å². The predicted molar refractivity (Wildman–Crippen MR) is 141 cm³/mol. The van der Waals surface area contributed by atoms with Crippen molar-refractivity contribution in [2.45, 2.75) is 40.7 Å². The van der Waals surface area contributed by atoms with Gasteiger partial charge >= 0.3 is 0 Å². The van der Waals surface area contributed by atoms with Gasteiger partial charge in [0.1, 0.15) is 5.75 Å². The summed E-state index contributed by atoms with van der Waals surface area (Å²) in [6, 6.07) is 15.3. The molecule has 0 fully saturated rings. The smallest absolute Gasteiger partial charge is 0.255 e. The molecule has 5 nitrogen and oxygen atoms in total. The highest BCUT2D eigenvalue weighted by atomic mass is 35.5. The highest BCUT2D eigenvalue weighted by molar-refractivity contribution is 6.07. The monoisotopic (exact) mass is 489 g/mol. The van der Waals surface area contributed by atoms with Crippen LogP contribution in [0.3, 0.4) is 0 Å². The topological polar surface area (TPSA) is 77.2 Å². The number of carbonyl (C=O) groups excluding carboxylic acids is 1. The van der Waals surface area contributed by atoms with E-state index >= 15 is 0 Å². The predicted octanol–water partition coefficient (Wildman–Crippen LogP) is 6.13. The lowest BCUT2D eigenvalue weighted by Crippen LogP contribution is -2.18. The van der Waals surface area contributed by atoms with Crippen LogP contribution >= 0.6 is 24.8 Å². The van der Waals surface area contributed by atoms with Gasteiger partial charge in [0.15, 0.2) is 0 Å². The molecule has 3 N–H and O–H groups in total. The first kappa shape index (κ1) is 28.4. The van der Waals surface area contributed by atoms with Crippen molar-refractivity contribution < 1.29 is 9.53 Å². The SMILES string of the molecule is COc1ccc(C(=O)Nc2c(C)nc(CC(C)C)c(CN)c2-c2ccc(C)cc2)cc1.Cl.Cl. The molecule has 1 aromatic heterocycles. The molecule has 0 unspecified atom stereocenters. The third kappa shape index (κ3) is 6.70. The summed E-state index contributed by atoms with van der Waals surface area (Å²) >= 11 is 0. The summed E-state index contributed by atoms with van der Waals surface area (Å²) in [6.07, 6.45) is 0.832. The van der Waals surface area contributed by atoms with E-state index in [0.717, 1.165) is 34.5 Å². The minimum Gasteiger partial charge on any atom is -0.497 e. The van der Waals surface area contributed by atoms with Gasteiger partial charge in [-0.05, 0) is 61.6 Å². The van der Waals surface area contributed by atoms with E-state index in [2.05, 4.69) is 50.4 Å². The standard InChI is InChI=1S/C26H31N3O2.2ClH/c1-16(2)14-23-22(15-27)24(19-8-6-17(3)7-9-19)25(18(4)28-23)29-26(30)20-10-12-21(31-5)13-11-20;;/h6-13,16H,14-15,27H2,1-5H3,(H,29,30);2*1H. The molecule has 0 aliphatic rings. The van der Waals surface area contributed by atoms with Crippen LogP contribution in [0.25, 0.3) is 11.1 Å². The van der Waals surface area contributed by atoms with Crippen molar-refractivity contribution in [3.05, 3.63) is 76.6 Å². The third-order valence-corrected chi connectivity index (χ3v) is 5.30. The highest BCUT2D eigenvalue weighted by Gasteiger charge is 2.21. The third-order valence-electron chi connectivity index (χ3n) is 5.30. The number of hydrogen-bond donors (Lipinski definition) is 2. The van der Waals surface area contributed by atoms with Gasteiger partial charge in [-0.15, -0.1) is 24.8 Å². The van der Waals surface area contributed by atoms with Crippen LogP contribution in [0, 0.1) is 19.8 Å². The first-order chi connectivity index (χ1) is 14.8. The summed E-state index contributed by atoms with van der Waals surface area (Å²) in [5.74, 6) is 0.960. The largest absolute Gasteiger partial charge is 0.497 e. The quantitative estimate of drug-likeness (QED) is 0.418. The number of methoxy groups -OCH3 is 1. The fourth-order valence-electron chi connectivity index (χ4n) is 3.70. The average molecular weight is 490 g/mol. The number of nitrogens with zero attached hydrogens (tertiary/aromatic N) is 1. The van der Waals surface area contributed by atoms with E-state index in [0.29, 0.717) is 29.5 Å². The average Bonchev–Trinajstić information content (AvgIpc) is 2.75. The van der Waals surface area contributed by atoms with E-state index in [-0.39, 0.29) is 30.7 Å². The molecule has 0 aliphatic carbocycles. The molecule has 1 amide bonds. The Balaban J connectivity index is 0.00000272. The Morgan fingerprint density at radius 1 is 1.03 bits per heavy atom. The molecule has 0 atom stereocenters. The summed E-state index contributed by atoms with van der Waals surface area (Å²) in [7, 11) is 1.60. The number of amides is 1. The van der Waals surface area contributed by atoms with Crippen molar-refractivity contribution in [1.29, 1.82) is 0 Å². The minimum absolute atomic E-state index is 0. The van der Waals surface area contributed by atoms with Crippen molar-refractivity contribution in [3.8, 4) is 16.9 Å². The van der Waals surface area contributed by atoms with Crippen molar-refractivity contribution in [2.75, 3.05) is 12.4 Å². The van der Waals surface area contributed by atoms with E-state index in [1.165, 1.54) is 5.56 Å². The second kappa shape index (κ2) is 12.6. The molecular formula is C26H33Cl2N3O2. The molecule has 0 saturated carbocycles. The van der Waals surface area contributed by atoms with Gasteiger partial charge in [-0.2, -0.15) is 0 Å². The van der Waals surface area contributed by atoms with Gasteiger partial charge in [0, 0.05) is 23.4 Å². The Morgan fingerprint density at radius 3 is 2.15 bits per heavy atom. The van der Waals surface area contributed by atoms with Crippen LogP contribution in [0.15, 0.2) is 48.5 Å². The Morgan fingerprint density at radius 2 is 1.64 bits per heavy atom. The van der Waals surface area contributed by atoms with Crippen molar-refractivity contribution in [2.24, 2.45) is 11.7 Å². The fourth-order valence-corrected chi connectivity index (χ4v) is 3.70. The molecule has 7 heteroatoms. The molecular weight excluding hydrogens is 457 g/mol. The molecule has 178 valence electrons. The highest BCUT2D eigenvalue weighted by Crippen LogP contribution is 2.36. The van der Waals surface area contributed by atoms with Crippen LogP contribution in [0.2, 0.25) is 0 Å². The number of ether oxygens (including phenoxy) is 1. The number of rotatable bonds is 7. The Hall–Kier alpha value is -2.60. The molecule has 0 radical (unpaired) electrons. The van der Waals surface area contributed by atoms with E-state index in [1.54, 1.807) is 31.4 Å². The van der Waals surface area contributed by atoms with E-state index < -0.39 is 0 Å². The van der Waals surface area contributed by atoms with Gasteiger partial charge in [-0.3, -0.25) is 9.78 Å². The molecule has 2 aromatic carbocycles. The van der Waals surface area contributed by atoms with Gasteiger partial charge in [0.25, 0.3) is 5.91 Å². The van der Waals surface area contributed by atoms with Gasteiger partial charge in [-0.1, -0.05) is 43.7 Å². The number of anilines is 1. The maximum Gasteiger partial charge on any atom is 0.255 e. The lowest BCUT2D eigenvalue weighted by Gasteiger charge is -2.21. The number of benzene rings is 2. The van der Waals surface area contributed by atoms with Crippen molar-refractivity contribution >= 4 is 36.4 Å². The lowest BCUT2D eigenvalue weighted by molar-refractivity contribution is 0.102. The summed E-state index contributed by atoms with van der Waals surface area (Å²) in [5.41, 5.74) is 13.4. The molecule has 33 heavy (non-hydrogen) atoms. The van der Waals surface area contributed by atoms with Crippen LogP contribution in [0.4, 0.5) is 5.69 Å². The number of nitrogens with one attached hydrogen (secondary N) is 1. The zero-order chi connectivity index (χ0) is 22.5. The Labute approximate surface area is 209 Å². The summed E-state index contributed by atoms with van der Waals surface area (Å²) in [4.78, 5) is 17.9. The number of aryl methyl sites for hydroxylation is 2. The number of halogens is 2. The van der Waals surface area contributed by atoms with Gasteiger partial charge in [-0.25, -0.2) is 0 Å². The molecule has 3 rings (SSSR count). The normalized spacial score (nSPS) is 10.3. The number of hydrogen-bond acceptors (Lipinski definition) is 4. The lowest BCUT2D eigenvalue weighted by atomic mass is 9.92. The molecule has 0 bridgehead atoms. The van der Waals surface area contributed by atoms with Crippen LogP contribution in [0.5, 0.6) is 5.75 Å². The maximum atomic E-state index is 13.1. The number of carbonyl (C=O) groups is 1. The molecule has 0 aliphatic heterocycles.